The minimum absolute atomic E-state index is 0.392. The Morgan fingerprint density at radius 1 is 1.05 bits per heavy atom. The summed E-state index contributed by atoms with van der Waals surface area (Å²) in [6, 6.07) is 16.1. The molecule has 0 radical (unpaired) electrons. The third-order valence-electron chi connectivity index (χ3n) is 4.24. The van der Waals surface area contributed by atoms with Crippen LogP contribution in [0.4, 0.5) is 0 Å². The zero-order valence-electron chi connectivity index (χ0n) is 12.6. The van der Waals surface area contributed by atoms with Gasteiger partial charge in [0.2, 0.25) is 0 Å². The molecule has 0 aliphatic heterocycles. The molecule has 0 fully saturated rings. The van der Waals surface area contributed by atoms with Crippen molar-refractivity contribution < 1.29 is 15.0 Å². The van der Waals surface area contributed by atoms with Gasteiger partial charge in [-0.2, -0.15) is 0 Å². The number of carboxylic acid groups (broad SMARTS) is 1. The van der Waals surface area contributed by atoms with Crippen LogP contribution in [-0.4, -0.2) is 16.2 Å². The van der Waals surface area contributed by atoms with Gasteiger partial charge in [0, 0.05) is 10.4 Å². The SMILES string of the molecule is CC(C)(c1cccc(Cl)c1)C(O)(CC(=O)O)c1ccccc1. The molecule has 0 aromatic heterocycles. The maximum absolute atomic E-state index is 11.3. The van der Waals surface area contributed by atoms with Gasteiger partial charge in [0.1, 0.15) is 5.60 Å². The summed E-state index contributed by atoms with van der Waals surface area (Å²) in [5.41, 5.74) is -1.03. The molecule has 0 spiro atoms. The molecule has 2 rings (SSSR count). The van der Waals surface area contributed by atoms with Gasteiger partial charge in [-0.1, -0.05) is 67.9 Å². The number of aliphatic hydroxyl groups is 1. The Morgan fingerprint density at radius 2 is 1.64 bits per heavy atom. The van der Waals surface area contributed by atoms with Crippen molar-refractivity contribution in [3.05, 3.63) is 70.7 Å². The smallest absolute Gasteiger partial charge is 0.306 e. The van der Waals surface area contributed by atoms with Gasteiger partial charge in [-0.05, 0) is 23.3 Å². The van der Waals surface area contributed by atoms with E-state index in [2.05, 4.69) is 0 Å². The van der Waals surface area contributed by atoms with Crippen molar-refractivity contribution in [3.63, 3.8) is 0 Å². The molecule has 1 atom stereocenters. The van der Waals surface area contributed by atoms with Gasteiger partial charge in [0.05, 0.1) is 6.42 Å². The average Bonchev–Trinajstić information content (AvgIpc) is 2.47. The molecule has 22 heavy (non-hydrogen) atoms. The molecular weight excluding hydrogens is 300 g/mol. The van der Waals surface area contributed by atoms with E-state index in [-0.39, 0.29) is 0 Å². The monoisotopic (exact) mass is 318 g/mol. The number of halogens is 1. The minimum atomic E-state index is -1.55. The average molecular weight is 319 g/mol. The van der Waals surface area contributed by atoms with Crippen molar-refractivity contribution in [2.24, 2.45) is 0 Å². The maximum Gasteiger partial charge on any atom is 0.306 e. The highest BCUT2D eigenvalue weighted by molar-refractivity contribution is 6.30. The second-order valence-electron chi connectivity index (χ2n) is 5.93. The lowest BCUT2D eigenvalue weighted by Crippen LogP contribution is -2.46. The van der Waals surface area contributed by atoms with Crippen LogP contribution >= 0.6 is 11.6 Å². The van der Waals surface area contributed by atoms with E-state index < -0.39 is 23.4 Å². The van der Waals surface area contributed by atoms with E-state index >= 15 is 0 Å². The standard InChI is InChI=1S/C18H19ClO3/c1-17(2,14-9-6-10-15(19)11-14)18(22,12-16(20)21)13-7-4-3-5-8-13/h3-11,22H,12H2,1-2H3,(H,20,21). The fraction of sp³-hybridized carbons (Fsp3) is 0.278. The van der Waals surface area contributed by atoms with Crippen LogP contribution in [0.15, 0.2) is 54.6 Å². The van der Waals surface area contributed by atoms with Crippen molar-refractivity contribution in [2.45, 2.75) is 31.3 Å². The van der Waals surface area contributed by atoms with Crippen molar-refractivity contribution in [3.8, 4) is 0 Å². The van der Waals surface area contributed by atoms with E-state index in [0.717, 1.165) is 5.56 Å². The van der Waals surface area contributed by atoms with E-state index in [1.54, 1.807) is 42.5 Å². The Kier molecular flexibility index (Phi) is 4.59. The lowest BCUT2D eigenvalue weighted by atomic mass is 9.65. The molecule has 3 nitrogen and oxygen atoms in total. The van der Waals surface area contributed by atoms with Crippen LogP contribution in [0.3, 0.4) is 0 Å². The van der Waals surface area contributed by atoms with E-state index in [0.29, 0.717) is 10.6 Å². The fourth-order valence-corrected chi connectivity index (χ4v) is 2.92. The second kappa shape index (κ2) is 6.11. The number of carbonyl (C=O) groups is 1. The van der Waals surface area contributed by atoms with E-state index in [1.165, 1.54) is 0 Å². The fourth-order valence-electron chi connectivity index (χ4n) is 2.73. The summed E-state index contributed by atoms with van der Waals surface area (Å²) in [5, 5.41) is 21.1. The Balaban J connectivity index is 2.60. The summed E-state index contributed by atoms with van der Waals surface area (Å²) >= 11 is 6.05. The number of hydrogen-bond acceptors (Lipinski definition) is 2. The molecule has 0 amide bonds. The molecule has 2 aromatic carbocycles. The Labute approximate surface area is 135 Å². The molecular formula is C18H19ClO3. The molecule has 0 bridgehead atoms. The van der Waals surface area contributed by atoms with Gasteiger partial charge in [0.15, 0.2) is 0 Å². The van der Waals surface area contributed by atoms with Crippen LogP contribution in [0, 0.1) is 0 Å². The van der Waals surface area contributed by atoms with Gasteiger partial charge < -0.3 is 10.2 Å². The molecule has 116 valence electrons. The highest BCUT2D eigenvalue weighted by atomic mass is 35.5. The number of aliphatic carboxylic acids is 1. The third-order valence-corrected chi connectivity index (χ3v) is 4.47. The molecule has 4 heteroatoms. The summed E-state index contributed by atoms with van der Waals surface area (Å²) in [5.74, 6) is -1.05. The third kappa shape index (κ3) is 3.01. The molecule has 0 aliphatic carbocycles. The summed E-state index contributed by atoms with van der Waals surface area (Å²) in [7, 11) is 0. The van der Waals surface area contributed by atoms with Gasteiger partial charge in [-0.15, -0.1) is 0 Å². The van der Waals surface area contributed by atoms with E-state index in [1.807, 2.05) is 26.0 Å². The first-order valence-electron chi connectivity index (χ1n) is 7.03. The van der Waals surface area contributed by atoms with Gasteiger partial charge in [-0.25, -0.2) is 0 Å². The lowest BCUT2D eigenvalue weighted by molar-refractivity contribution is -0.146. The highest BCUT2D eigenvalue weighted by Gasteiger charge is 2.47. The summed E-state index contributed by atoms with van der Waals surface area (Å²) in [4.78, 5) is 11.3. The summed E-state index contributed by atoms with van der Waals surface area (Å²) in [6.07, 6.45) is -0.392. The summed E-state index contributed by atoms with van der Waals surface area (Å²) in [6.45, 7) is 3.66. The molecule has 1 unspecified atom stereocenters. The first-order chi connectivity index (χ1) is 10.3. The van der Waals surface area contributed by atoms with Crippen LogP contribution in [0.2, 0.25) is 5.02 Å². The summed E-state index contributed by atoms with van der Waals surface area (Å²) < 4.78 is 0. The van der Waals surface area contributed by atoms with Crippen molar-refractivity contribution in [2.75, 3.05) is 0 Å². The van der Waals surface area contributed by atoms with Crippen molar-refractivity contribution in [1.29, 1.82) is 0 Å². The number of rotatable bonds is 5. The topological polar surface area (TPSA) is 57.5 Å². The molecule has 0 saturated carbocycles. The number of benzene rings is 2. The van der Waals surface area contributed by atoms with E-state index in [9.17, 15) is 15.0 Å². The second-order valence-corrected chi connectivity index (χ2v) is 6.37. The first-order valence-corrected chi connectivity index (χ1v) is 7.41. The first kappa shape index (κ1) is 16.5. The Hall–Kier alpha value is -1.84. The lowest BCUT2D eigenvalue weighted by Gasteiger charge is -2.43. The van der Waals surface area contributed by atoms with E-state index in [4.69, 9.17) is 11.6 Å². The molecule has 0 aliphatic rings. The normalized spacial score (nSPS) is 14.4. The Morgan fingerprint density at radius 3 is 2.18 bits per heavy atom. The Bertz CT molecular complexity index is 667. The van der Waals surface area contributed by atoms with Crippen LogP contribution in [-0.2, 0) is 15.8 Å². The molecule has 2 N–H and O–H groups in total. The molecule has 0 heterocycles. The molecule has 2 aromatic rings. The highest BCUT2D eigenvalue weighted by Crippen LogP contribution is 2.45. The van der Waals surface area contributed by atoms with Crippen LogP contribution in [0.1, 0.15) is 31.4 Å². The van der Waals surface area contributed by atoms with Crippen LogP contribution in [0.5, 0.6) is 0 Å². The van der Waals surface area contributed by atoms with Gasteiger partial charge in [-0.3, -0.25) is 4.79 Å². The minimum Gasteiger partial charge on any atom is -0.481 e. The predicted octanol–water partition coefficient (Wildman–Crippen LogP) is 3.98. The maximum atomic E-state index is 11.3. The number of hydrogen-bond donors (Lipinski definition) is 2. The molecule has 0 saturated heterocycles. The van der Waals surface area contributed by atoms with Gasteiger partial charge in [0.25, 0.3) is 0 Å². The van der Waals surface area contributed by atoms with Crippen LogP contribution in [0.25, 0.3) is 0 Å². The number of carboxylic acids is 1. The zero-order chi connectivity index (χ0) is 16.4. The van der Waals surface area contributed by atoms with Crippen LogP contribution < -0.4 is 0 Å². The quantitative estimate of drug-likeness (QED) is 0.876. The predicted molar refractivity (Wildman–Crippen MR) is 87.1 cm³/mol. The van der Waals surface area contributed by atoms with Gasteiger partial charge >= 0.3 is 5.97 Å². The zero-order valence-corrected chi connectivity index (χ0v) is 13.3. The van der Waals surface area contributed by atoms with Crippen molar-refractivity contribution >= 4 is 17.6 Å². The largest absolute Gasteiger partial charge is 0.481 e. The van der Waals surface area contributed by atoms with Crippen molar-refractivity contribution in [1.82, 2.24) is 0 Å².